The van der Waals surface area contributed by atoms with Gasteiger partial charge in [0, 0.05) is 15.1 Å². The average Bonchev–Trinajstić information content (AvgIpc) is 2.97. The number of carbonyl (C=O) groups excluding carboxylic acids is 3. The van der Waals surface area contributed by atoms with E-state index in [1.165, 1.54) is 16.7 Å². The van der Waals surface area contributed by atoms with E-state index in [9.17, 15) is 34.4 Å². The lowest BCUT2D eigenvalue weighted by Crippen LogP contribution is -2.71. The number of nitrogens with one attached hydrogen (secondary N) is 2. The number of nitro groups is 1. The summed E-state index contributed by atoms with van der Waals surface area (Å²) in [5.41, 5.74) is -0.621. The van der Waals surface area contributed by atoms with E-state index < -0.39 is 68.3 Å². The number of amides is 3. The van der Waals surface area contributed by atoms with Crippen molar-refractivity contribution in [2.24, 2.45) is 5.41 Å². The number of fused-ring (bicyclic) bond motifs is 1. The zero-order valence-corrected chi connectivity index (χ0v) is 20.3. The van der Waals surface area contributed by atoms with Gasteiger partial charge in [0.25, 0.3) is 11.9 Å². The van der Waals surface area contributed by atoms with E-state index in [1.54, 1.807) is 65.0 Å². The second kappa shape index (κ2) is 8.90. The highest BCUT2D eigenvalue weighted by molar-refractivity contribution is 8.01. The minimum atomic E-state index is -1.60. The SMILES string of the molecule is CC(C)(C)C(C(=O)NC(C(=O)N[C@@H]1C(=O)N2[C@@H]1SC(C)(C)[C@@H]2C(=O)O)c1ccccc1)[N+](=O)[O-]. The second-order valence-corrected chi connectivity index (χ2v) is 11.8. The summed E-state index contributed by atoms with van der Waals surface area (Å²) in [5, 5.41) is 25.6. The number of β-lactam (4-membered cyclic amide) rings is 1. The van der Waals surface area contributed by atoms with Crippen LogP contribution < -0.4 is 10.6 Å². The Morgan fingerprint density at radius 3 is 2.26 bits per heavy atom. The fourth-order valence-electron chi connectivity index (χ4n) is 4.35. The van der Waals surface area contributed by atoms with Crippen molar-refractivity contribution in [1.82, 2.24) is 15.5 Å². The van der Waals surface area contributed by atoms with Crippen molar-refractivity contribution < 1.29 is 29.2 Å². The van der Waals surface area contributed by atoms with E-state index in [1.807, 2.05) is 0 Å². The highest BCUT2D eigenvalue weighted by Gasteiger charge is 2.64. The number of hydrogen-bond donors (Lipinski definition) is 3. The van der Waals surface area contributed by atoms with Crippen molar-refractivity contribution >= 4 is 35.5 Å². The van der Waals surface area contributed by atoms with Gasteiger partial charge in [0.2, 0.25) is 11.8 Å². The zero-order valence-electron chi connectivity index (χ0n) is 19.5. The van der Waals surface area contributed by atoms with Gasteiger partial charge in [-0.15, -0.1) is 11.8 Å². The van der Waals surface area contributed by atoms with Gasteiger partial charge >= 0.3 is 5.97 Å². The lowest BCUT2D eigenvalue weighted by atomic mass is 9.86. The van der Waals surface area contributed by atoms with Crippen molar-refractivity contribution in [3.63, 3.8) is 0 Å². The van der Waals surface area contributed by atoms with Gasteiger partial charge in [-0.3, -0.25) is 24.5 Å². The molecule has 0 spiro atoms. The first kappa shape index (κ1) is 25.5. The van der Waals surface area contributed by atoms with Crippen LogP contribution >= 0.6 is 11.8 Å². The quantitative estimate of drug-likeness (QED) is 0.291. The van der Waals surface area contributed by atoms with Crippen molar-refractivity contribution in [1.29, 1.82) is 0 Å². The van der Waals surface area contributed by atoms with Gasteiger partial charge in [-0.25, -0.2) is 4.79 Å². The summed E-state index contributed by atoms with van der Waals surface area (Å²) in [4.78, 5) is 62.7. The highest BCUT2D eigenvalue weighted by Crippen LogP contribution is 2.50. The van der Waals surface area contributed by atoms with E-state index in [-0.39, 0.29) is 0 Å². The lowest BCUT2D eigenvalue weighted by molar-refractivity contribution is -0.524. The van der Waals surface area contributed by atoms with Gasteiger partial charge in [0.1, 0.15) is 23.5 Å². The molecule has 11 nitrogen and oxygen atoms in total. The van der Waals surface area contributed by atoms with Crippen molar-refractivity contribution in [2.45, 2.75) is 68.9 Å². The van der Waals surface area contributed by atoms with Crippen LogP contribution in [0.25, 0.3) is 0 Å². The summed E-state index contributed by atoms with van der Waals surface area (Å²) < 4.78 is -0.760. The second-order valence-electron chi connectivity index (χ2n) is 9.99. The lowest BCUT2D eigenvalue weighted by Gasteiger charge is -2.44. The molecule has 34 heavy (non-hydrogen) atoms. The summed E-state index contributed by atoms with van der Waals surface area (Å²) in [6, 6.07) is 3.31. The smallest absolute Gasteiger partial charge is 0.327 e. The molecule has 0 aliphatic carbocycles. The van der Waals surface area contributed by atoms with Gasteiger partial charge in [-0.1, -0.05) is 51.1 Å². The number of benzene rings is 1. The predicted molar refractivity (Wildman–Crippen MR) is 123 cm³/mol. The summed E-state index contributed by atoms with van der Waals surface area (Å²) >= 11 is 1.27. The van der Waals surface area contributed by atoms with Crippen LogP contribution in [0, 0.1) is 15.5 Å². The Morgan fingerprint density at radius 2 is 1.76 bits per heavy atom. The average molecular weight is 493 g/mol. The molecule has 12 heteroatoms. The molecule has 5 atom stereocenters. The topological polar surface area (TPSA) is 159 Å². The van der Waals surface area contributed by atoms with Crippen LogP contribution in [0.15, 0.2) is 30.3 Å². The number of hydrogen-bond acceptors (Lipinski definition) is 7. The van der Waals surface area contributed by atoms with Crippen LogP contribution in [0.4, 0.5) is 0 Å². The zero-order chi connectivity index (χ0) is 25.6. The van der Waals surface area contributed by atoms with E-state index in [4.69, 9.17) is 0 Å². The molecule has 0 bridgehead atoms. The van der Waals surface area contributed by atoms with Gasteiger partial charge < -0.3 is 20.6 Å². The Kier molecular flexibility index (Phi) is 6.66. The van der Waals surface area contributed by atoms with E-state index in [0.717, 1.165) is 0 Å². The van der Waals surface area contributed by atoms with Gasteiger partial charge in [-0.05, 0) is 19.4 Å². The Bertz CT molecular complexity index is 1020. The van der Waals surface area contributed by atoms with Crippen molar-refractivity contribution in [3.05, 3.63) is 46.0 Å². The van der Waals surface area contributed by atoms with E-state index in [0.29, 0.717) is 5.56 Å². The summed E-state index contributed by atoms with van der Waals surface area (Å²) in [6.45, 7) is 8.10. The van der Waals surface area contributed by atoms with Crippen LogP contribution in [-0.2, 0) is 19.2 Å². The Labute approximate surface area is 200 Å². The fraction of sp³-hybridized carbons (Fsp3) is 0.545. The minimum Gasteiger partial charge on any atom is -0.480 e. The molecule has 2 saturated heterocycles. The number of nitrogens with zero attached hydrogens (tertiary/aromatic N) is 2. The molecule has 184 valence electrons. The van der Waals surface area contributed by atoms with Crippen LogP contribution in [0.2, 0.25) is 0 Å². The Balaban J connectivity index is 1.83. The maximum Gasteiger partial charge on any atom is 0.327 e. The monoisotopic (exact) mass is 492 g/mol. The molecule has 2 unspecified atom stereocenters. The summed E-state index contributed by atoms with van der Waals surface area (Å²) in [7, 11) is 0. The maximum absolute atomic E-state index is 13.2. The molecule has 1 aromatic carbocycles. The van der Waals surface area contributed by atoms with E-state index >= 15 is 0 Å². The maximum atomic E-state index is 13.2. The van der Waals surface area contributed by atoms with Gasteiger partial charge in [0.05, 0.1) is 0 Å². The Hall–Kier alpha value is -3.15. The number of rotatable bonds is 7. The van der Waals surface area contributed by atoms with Gasteiger partial charge in [0.15, 0.2) is 0 Å². The molecule has 2 fully saturated rings. The number of carboxylic acid groups (broad SMARTS) is 1. The fourth-order valence-corrected chi connectivity index (χ4v) is 5.98. The van der Waals surface area contributed by atoms with Crippen molar-refractivity contribution in [3.8, 4) is 0 Å². The van der Waals surface area contributed by atoms with Crippen LogP contribution in [0.5, 0.6) is 0 Å². The molecular formula is C22H28N4O7S. The third-order valence-electron chi connectivity index (χ3n) is 5.93. The minimum absolute atomic E-state index is 0.385. The molecule has 2 aliphatic heterocycles. The molecule has 3 N–H and O–H groups in total. The molecule has 0 radical (unpaired) electrons. The number of carboxylic acids is 1. The standard InChI is InChI=1S/C22H28N4O7S/c1-21(2,3)14(26(32)33)17(28)23-12(11-9-7-6-8-10-11)16(27)24-13-18(29)25-15(20(30)31)22(4,5)34-19(13)25/h6-10,12-15,19H,1-5H3,(H,23,28)(H,24,27)(H,30,31)/t12?,13-,14?,15+,19-/m1/s1. The predicted octanol–water partition coefficient (Wildman–Crippen LogP) is 1.17. The molecule has 1 aromatic rings. The molecular weight excluding hydrogens is 464 g/mol. The first-order chi connectivity index (χ1) is 15.7. The van der Waals surface area contributed by atoms with Crippen molar-refractivity contribution in [2.75, 3.05) is 0 Å². The van der Waals surface area contributed by atoms with Crippen LogP contribution in [0.3, 0.4) is 0 Å². The normalized spacial score (nSPS) is 24.9. The third kappa shape index (κ3) is 4.59. The number of carbonyl (C=O) groups is 4. The first-order valence-electron chi connectivity index (χ1n) is 10.7. The molecule has 2 aliphatic rings. The van der Waals surface area contributed by atoms with E-state index in [2.05, 4.69) is 10.6 Å². The third-order valence-corrected chi connectivity index (χ3v) is 7.51. The van der Waals surface area contributed by atoms with Crippen LogP contribution in [0.1, 0.15) is 46.2 Å². The van der Waals surface area contributed by atoms with Crippen LogP contribution in [-0.4, -0.2) is 66.9 Å². The molecule has 0 saturated carbocycles. The molecule has 2 heterocycles. The largest absolute Gasteiger partial charge is 0.480 e. The summed E-state index contributed by atoms with van der Waals surface area (Å²) in [6.07, 6.45) is 0. The molecule has 3 rings (SSSR count). The first-order valence-corrected chi connectivity index (χ1v) is 11.6. The van der Waals surface area contributed by atoms with Gasteiger partial charge in [-0.2, -0.15) is 0 Å². The number of thioether (sulfide) groups is 1. The highest BCUT2D eigenvalue weighted by atomic mass is 32.2. The number of aliphatic carboxylic acids is 1. The summed E-state index contributed by atoms with van der Waals surface area (Å²) in [5.74, 6) is -3.29. The molecule has 0 aromatic heterocycles. The Morgan fingerprint density at radius 1 is 1.18 bits per heavy atom. The molecule has 3 amide bonds.